The van der Waals surface area contributed by atoms with Crippen molar-refractivity contribution in [2.75, 3.05) is 51.2 Å². The van der Waals surface area contributed by atoms with Crippen molar-refractivity contribution in [3.63, 3.8) is 0 Å². The van der Waals surface area contributed by atoms with Crippen LogP contribution in [0.15, 0.2) is 48.5 Å². The van der Waals surface area contributed by atoms with Crippen LogP contribution in [0.25, 0.3) is 0 Å². The van der Waals surface area contributed by atoms with Gasteiger partial charge in [-0.3, -0.25) is 0 Å². The van der Waals surface area contributed by atoms with E-state index in [2.05, 4.69) is 10.6 Å². The summed E-state index contributed by atoms with van der Waals surface area (Å²) < 4.78 is 16.0. The highest BCUT2D eigenvalue weighted by Gasteiger charge is 1.96. The van der Waals surface area contributed by atoms with Crippen LogP contribution < -0.4 is 20.1 Å². The Balaban J connectivity index is 1.57. The molecule has 0 fully saturated rings. The normalized spacial score (nSPS) is 10.2. The first-order chi connectivity index (χ1) is 11.3. The van der Waals surface area contributed by atoms with E-state index in [1.165, 1.54) is 0 Å². The lowest BCUT2D eigenvalue weighted by atomic mass is 10.3. The van der Waals surface area contributed by atoms with Crippen LogP contribution in [0.5, 0.6) is 11.5 Å². The first-order valence-electron chi connectivity index (χ1n) is 7.65. The van der Waals surface area contributed by atoms with Crippen LogP contribution in [0.1, 0.15) is 0 Å². The van der Waals surface area contributed by atoms with Crippen molar-refractivity contribution in [2.45, 2.75) is 0 Å². The van der Waals surface area contributed by atoms with Gasteiger partial charge in [0.2, 0.25) is 0 Å². The Kier molecular flexibility index (Phi) is 7.07. The minimum absolute atomic E-state index is 0.650. The van der Waals surface area contributed by atoms with Gasteiger partial charge in [-0.15, -0.1) is 0 Å². The molecule has 0 aliphatic heterocycles. The van der Waals surface area contributed by atoms with Crippen molar-refractivity contribution >= 4 is 11.4 Å². The monoisotopic (exact) mass is 316 g/mol. The summed E-state index contributed by atoms with van der Waals surface area (Å²) in [5.41, 5.74) is 2.06. The van der Waals surface area contributed by atoms with Crippen LogP contribution in [0.4, 0.5) is 11.4 Å². The van der Waals surface area contributed by atoms with E-state index in [0.29, 0.717) is 13.2 Å². The van der Waals surface area contributed by atoms with Crippen LogP contribution in [0.2, 0.25) is 0 Å². The third kappa shape index (κ3) is 6.08. The third-order valence-corrected chi connectivity index (χ3v) is 3.29. The van der Waals surface area contributed by atoms with E-state index >= 15 is 0 Å². The molecule has 2 aromatic carbocycles. The molecule has 0 saturated heterocycles. The predicted octanol–water partition coefficient (Wildman–Crippen LogP) is 3.24. The van der Waals surface area contributed by atoms with Crippen molar-refractivity contribution < 1.29 is 14.2 Å². The molecule has 23 heavy (non-hydrogen) atoms. The van der Waals surface area contributed by atoms with Crippen molar-refractivity contribution in [2.24, 2.45) is 0 Å². The highest BCUT2D eigenvalue weighted by molar-refractivity contribution is 5.48. The Bertz CT molecular complexity index is 538. The van der Waals surface area contributed by atoms with E-state index in [0.717, 1.165) is 36.0 Å². The van der Waals surface area contributed by atoms with Gasteiger partial charge in [0.1, 0.15) is 11.5 Å². The molecule has 0 unspecified atom stereocenters. The fourth-order valence-corrected chi connectivity index (χ4v) is 2.10. The first kappa shape index (κ1) is 17.0. The van der Waals surface area contributed by atoms with Crippen LogP contribution in [0.3, 0.4) is 0 Å². The molecule has 0 aromatic heterocycles. The molecule has 0 aliphatic carbocycles. The summed E-state index contributed by atoms with van der Waals surface area (Å²) in [5, 5.41) is 6.60. The van der Waals surface area contributed by atoms with E-state index in [9.17, 15) is 0 Å². The molecule has 0 atom stereocenters. The molecule has 0 amide bonds. The molecule has 124 valence electrons. The summed E-state index contributed by atoms with van der Waals surface area (Å²) in [6.45, 7) is 2.81. The number of rotatable bonds is 10. The molecule has 0 saturated carbocycles. The first-order valence-corrected chi connectivity index (χ1v) is 7.65. The fourth-order valence-electron chi connectivity index (χ4n) is 2.10. The molecule has 2 rings (SSSR count). The maximum Gasteiger partial charge on any atom is 0.120 e. The lowest BCUT2D eigenvalue weighted by Gasteiger charge is -2.10. The lowest BCUT2D eigenvalue weighted by Crippen LogP contribution is -2.14. The van der Waals surface area contributed by atoms with Crippen molar-refractivity contribution in [1.82, 2.24) is 0 Å². The molecule has 2 aromatic rings. The average molecular weight is 316 g/mol. The van der Waals surface area contributed by atoms with Crippen molar-refractivity contribution in [1.29, 1.82) is 0 Å². The summed E-state index contributed by atoms with van der Waals surface area (Å²) in [4.78, 5) is 0. The third-order valence-electron chi connectivity index (χ3n) is 3.29. The Morgan fingerprint density at radius 3 is 1.65 bits per heavy atom. The fraction of sp³-hybridized carbons (Fsp3) is 0.333. The summed E-state index contributed by atoms with van der Waals surface area (Å²) in [6.07, 6.45) is 0. The van der Waals surface area contributed by atoms with Crippen molar-refractivity contribution in [3.05, 3.63) is 48.5 Å². The molecule has 5 heteroatoms. The van der Waals surface area contributed by atoms with Gasteiger partial charge in [-0.05, 0) is 24.3 Å². The van der Waals surface area contributed by atoms with E-state index in [1.807, 2.05) is 48.5 Å². The zero-order chi connectivity index (χ0) is 16.3. The maximum absolute atomic E-state index is 5.60. The van der Waals surface area contributed by atoms with E-state index in [-0.39, 0.29) is 0 Å². The Morgan fingerprint density at radius 1 is 0.739 bits per heavy atom. The zero-order valence-corrected chi connectivity index (χ0v) is 13.7. The van der Waals surface area contributed by atoms with Crippen LogP contribution >= 0.6 is 0 Å². The molecule has 0 bridgehead atoms. The molecule has 0 heterocycles. The number of nitrogens with one attached hydrogen (secondary N) is 2. The SMILES string of the molecule is COc1cccc(NCCOCCNc2cccc(OC)c2)c1. The topological polar surface area (TPSA) is 51.8 Å². The van der Waals surface area contributed by atoms with Gasteiger partial charge in [0.15, 0.2) is 0 Å². The molecule has 0 aliphatic rings. The van der Waals surface area contributed by atoms with E-state index in [4.69, 9.17) is 14.2 Å². The van der Waals surface area contributed by atoms with Crippen molar-refractivity contribution in [3.8, 4) is 11.5 Å². The standard InChI is InChI=1S/C18H24N2O3/c1-21-17-7-3-5-15(13-17)19-9-11-23-12-10-20-16-6-4-8-18(14-16)22-2/h3-8,13-14,19-20H,9-12H2,1-2H3. The lowest BCUT2D eigenvalue weighted by molar-refractivity contribution is 0.154. The Morgan fingerprint density at radius 2 is 1.22 bits per heavy atom. The molecule has 0 spiro atoms. The number of hydrogen-bond acceptors (Lipinski definition) is 5. The smallest absolute Gasteiger partial charge is 0.120 e. The number of ether oxygens (including phenoxy) is 3. The van der Waals surface area contributed by atoms with E-state index < -0.39 is 0 Å². The van der Waals surface area contributed by atoms with Gasteiger partial charge in [-0.25, -0.2) is 0 Å². The Labute approximate surface area is 137 Å². The summed E-state index contributed by atoms with van der Waals surface area (Å²) in [6, 6.07) is 15.7. The van der Waals surface area contributed by atoms with Gasteiger partial charge in [0, 0.05) is 36.6 Å². The summed E-state index contributed by atoms with van der Waals surface area (Å²) in [5.74, 6) is 1.69. The van der Waals surface area contributed by atoms with Gasteiger partial charge >= 0.3 is 0 Å². The average Bonchev–Trinajstić information content (AvgIpc) is 2.61. The second kappa shape index (κ2) is 9.58. The predicted molar refractivity (Wildman–Crippen MR) is 93.8 cm³/mol. The Hall–Kier alpha value is -2.40. The van der Waals surface area contributed by atoms with Crippen LogP contribution in [0, 0.1) is 0 Å². The number of methoxy groups -OCH3 is 2. The number of anilines is 2. The van der Waals surface area contributed by atoms with Gasteiger partial charge in [-0.1, -0.05) is 12.1 Å². The molecule has 2 N–H and O–H groups in total. The highest BCUT2D eigenvalue weighted by atomic mass is 16.5. The molecular formula is C18H24N2O3. The molecule has 0 radical (unpaired) electrons. The van der Waals surface area contributed by atoms with Gasteiger partial charge in [0.25, 0.3) is 0 Å². The summed E-state index contributed by atoms with van der Waals surface area (Å²) >= 11 is 0. The summed E-state index contributed by atoms with van der Waals surface area (Å²) in [7, 11) is 3.33. The van der Waals surface area contributed by atoms with Gasteiger partial charge < -0.3 is 24.8 Å². The number of benzene rings is 2. The quantitative estimate of drug-likeness (QED) is 0.659. The largest absolute Gasteiger partial charge is 0.497 e. The molecular weight excluding hydrogens is 292 g/mol. The minimum atomic E-state index is 0.650. The maximum atomic E-state index is 5.60. The zero-order valence-electron chi connectivity index (χ0n) is 13.7. The minimum Gasteiger partial charge on any atom is -0.497 e. The van der Waals surface area contributed by atoms with Gasteiger partial charge in [-0.2, -0.15) is 0 Å². The van der Waals surface area contributed by atoms with Crippen LogP contribution in [-0.2, 0) is 4.74 Å². The van der Waals surface area contributed by atoms with Gasteiger partial charge in [0.05, 0.1) is 27.4 Å². The molecule has 5 nitrogen and oxygen atoms in total. The van der Waals surface area contributed by atoms with Crippen LogP contribution in [-0.4, -0.2) is 40.5 Å². The highest BCUT2D eigenvalue weighted by Crippen LogP contribution is 2.17. The second-order valence-electron chi connectivity index (χ2n) is 4.93. The van der Waals surface area contributed by atoms with E-state index in [1.54, 1.807) is 14.2 Å². The number of hydrogen-bond donors (Lipinski definition) is 2. The second-order valence-corrected chi connectivity index (χ2v) is 4.93.